The van der Waals surface area contributed by atoms with Crippen LogP contribution in [0.15, 0.2) is 23.1 Å². The normalized spacial score (nSPS) is 16.5. The van der Waals surface area contributed by atoms with E-state index in [4.69, 9.17) is 4.74 Å². The average molecular weight is 428 g/mol. The Labute approximate surface area is 164 Å². The second-order valence-corrected chi connectivity index (χ2v) is 6.75. The Morgan fingerprint density at radius 1 is 1.20 bits per heavy atom. The first-order valence-corrected chi connectivity index (χ1v) is 8.59. The molecule has 0 bridgehead atoms. The summed E-state index contributed by atoms with van der Waals surface area (Å²) in [6, 6.07) is 0.721. The fourth-order valence-electron chi connectivity index (χ4n) is 3.45. The summed E-state index contributed by atoms with van der Waals surface area (Å²) in [6.07, 6.45) is -4.00. The number of benzene rings is 1. The van der Waals surface area contributed by atoms with Gasteiger partial charge in [-0.3, -0.25) is 9.59 Å². The van der Waals surface area contributed by atoms with E-state index in [1.54, 1.807) is 0 Å². The van der Waals surface area contributed by atoms with E-state index in [2.05, 4.69) is 9.97 Å². The predicted octanol–water partition coefficient (Wildman–Crippen LogP) is 2.89. The number of ether oxygens (including phenoxy) is 1. The fourth-order valence-corrected chi connectivity index (χ4v) is 3.45. The van der Waals surface area contributed by atoms with Gasteiger partial charge in [-0.05, 0) is 17.5 Å². The number of amides is 1. The second kappa shape index (κ2) is 6.90. The molecular weight excluding hydrogens is 415 g/mol. The molecule has 0 unspecified atom stereocenters. The molecule has 2 aromatic heterocycles. The van der Waals surface area contributed by atoms with Crippen molar-refractivity contribution >= 4 is 16.7 Å². The van der Waals surface area contributed by atoms with Crippen molar-refractivity contribution in [2.24, 2.45) is 0 Å². The minimum absolute atomic E-state index is 0.0414. The van der Waals surface area contributed by atoms with Crippen molar-refractivity contribution < 1.29 is 31.5 Å². The van der Waals surface area contributed by atoms with Crippen LogP contribution in [0.4, 0.5) is 22.0 Å². The third-order valence-electron chi connectivity index (χ3n) is 4.90. The van der Waals surface area contributed by atoms with Crippen molar-refractivity contribution in [2.45, 2.75) is 18.8 Å². The molecule has 0 spiro atoms. The molecule has 1 amide bonds. The molecule has 1 aromatic carbocycles. The number of carbonyl (C=O) groups is 1. The largest absolute Gasteiger partial charge is 0.449 e. The van der Waals surface area contributed by atoms with E-state index in [9.17, 15) is 31.5 Å². The number of pyridine rings is 1. The van der Waals surface area contributed by atoms with Gasteiger partial charge in [-0.15, -0.1) is 0 Å². The monoisotopic (exact) mass is 428 g/mol. The molecule has 30 heavy (non-hydrogen) atoms. The Balaban J connectivity index is 1.80. The number of carbonyl (C=O) groups excluding carboxylic acids is 1. The van der Waals surface area contributed by atoms with Gasteiger partial charge >= 0.3 is 6.18 Å². The molecule has 4 rings (SSSR count). The molecule has 12 heteroatoms. The van der Waals surface area contributed by atoms with Gasteiger partial charge in [0.05, 0.1) is 30.8 Å². The van der Waals surface area contributed by atoms with Gasteiger partial charge < -0.3 is 19.6 Å². The van der Waals surface area contributed by atoms with Crippen molar-refractivity contribution in [1.82, 2.24) is 19.9 Å². The van der Waals surface area contributed by atoms with Crippen molar-refractivity contribution in [1.29, 1.82) is 0 Å². The number of alkyl halides is 3. The summed E-state index contributed by atoms with van der Waals surface area (Å²) in [5, 5.41) is -0.0394. The van der Waals surface area contributed by atoms with Gasteiger partial charge in [0, 0.05) is 18.3 Å². The highest BCUT2D eigenvalue weighted by molar-refractivity contribution is 5.93. The van der Waals surface area contributed by atoms with E-state index in [0.29, 0.717) is 5.56 Å². The molecule has 0 aliphatic carbocycles. The molecule has 1 aliphatic rings. The maximum absolute atomic E-state index is 13.9. The molecule has 3 aromatic rings. The van der Waals surface area contributed by atoms with Crippen LogP contribution in [0.1, 0.15) is 33.6 Å². The first-order valence-electron chi connectivity index (χ1n) is 8.59. The number of H-pyrrole nitrogens is 2. The van der Waals surface area contributed by atoms with Crippen LogP contribution in [0.5, 0.6) is 0 Å². The van der Waals surface area contributed by atoms with Gasteiger partial charge in [0.25, 0.3) is 11.5 Å². The highest BCUT2D eigenvalue weighted by Crippen LogP contribution is 2.34. The SMILES string of the molecule is CN(C(=O)c1cnc(C(F)(F)F)[nH]1)[C@@H]1COCc2[nH]c(=O)c3cc(F)c(F)cc3c21. The number of aromatic amines is 2. The van der Waals surface area contributed by atoms with Gasteiger partial charge in [-0.25, -0.2) is 13.8 Å². The third-order valence-corrected chi connectivity index (χ3v) is 4.90. The fraction of sp³-hybridized carbons (Fsp3) is 0.278. The van der Waals surface area contributed by atoms with Crippen molar-refractivity contribution in [3.8, 4) is 0 Å². The van der Waals surface area contributed by atoms with Gasteiger partial charge in [0.1, 0.15) is 5.69 Å². The molecule has 2 N–H and O–H groups in total. The van der Waals surface area contributed by atoms with Crippen molar-refractivity contribution in [3.63, 3.8) is 0 Å². The lowest BCUT2D eigenvalue weighted by atomic mass is 9.95. The van der Waals surface area contributed by atoms with Crippen LogP contribution < -0.4 is 5.56 Å². The summed E-state index contributed by atoms with van der Waals surface area (Å²) >= 11 is 0. The molecule has 0 saturated heterocycles. The summed E-state index contributed by atoms with van der Waals surface area (Å²) in [4.78, 5) is 33.7. The summed E-state index contributed by atoms with van der Waals surface area (Å²) in [5.41, 5.74) is -0.497. The number of nitrogens with zero attached hydrogens (tertiary/aromatic N) is 2. The van der Waals surface area contributed by atoms with Crippen LogP contribution in [-0.2, 0) is 17.5 Å². The first kappa shape index (κ1) is 20.0. The van der Waals surface area contributed by atoms with Gasteiger partial charge in [0.2, 0.25) is 5.82 Å². The molecule has 3 heterocycles. The van der Waals surface area contributed by atoms with Crippen LogP contribution in [-0.4, -0.2) is 39.4 Å². The molecule has 0 radical (unpaired) electrons. The molecule has 1 atom stereocenters. The topological polar surface area (TPSA) is 91.1 Å². The number of hydrogen-bond donors (Lipinski definition) is 2. The maximum Gasteiger partial charge on any atom is 0.449 e. The summed E-state index contributed by atoms with van der Waals surface area (Å²) < 4.78 is 71.2. The lowest BCUT2D eigenvalue weighted by Crippen LogP contribution is -2.37. The minimum atomic E-state index is -4.76. The van der Waals surface area contributed by atoms with E-state index in [-0.39, 0.29) is 29.7 Å². The molecule has 7 nitrogen and oxygen atoms in total. The van der Waals surface area contributed by atoms with Crippen molar-refractivity contribution in [2.75, 3.05) is 13.7 Å². The molecule has 0 saturated carbocycles. The minimum Gasteiger partial charge on any atom is -0.373 e. The number of nitrogens with one attached hydrogen (secondary N) is 2. The predicted molar refractivity (Wildman–Crippen MR) is 92.6 cm³/mol. The quantitative estimate of drug-likeness (QED) is 0.615. The Bertz CT molecular complexity index is 1220. The zero-order valence-corrected chi connectivity index (χ0v) is 15.2. The van der Waals surface area contributed by atoms with Crippen LogP contribution in [0.25, 0.3) is 10.8 Å². The zero-order valence-electron chi connectivity index (χ0n) is 15.2. The van der Waals surface area contributed by atoms with E-state index in [0.717, 1.165) is 23.2 Å². The Morgan fingerprint density at radius 3 is 2.50 bits per heavy atom. The average Bonchev–Trinajstić information content (AvgIpc) is 3.18. The zero-order chi connectivity index (χ0) is 21.8. The number of aromatic nitrogens is 3. The van der Waals surface area contributed by atoms with E-state index < -0.39 is 46.8 Å². The van der Waals surface area contributed by atoms with E-state index in [1.165, 1.54) is 7.05 Å². The van der Waals surface area contributed by atoms with E-state index >= 15 is 0 Å². The van der Waals surface area contributed by atoms with Gasteiger partial charge in [0.15, 0.2) is 11.6 Å². The van der Waals surface area contributed by atoms with Gasteiger partial charge in [-0.2, -0.15) is 13.2 Å². The Hall–Kier alpha value is -3.28. The van der Waals surface area contributed by atoms with Gasteiger partial charge in [-0.1, -0.05) is 0 Å². The summed E-state index contributed by atoms with van der Waals surface area (Å²) in [6.45, 7) is -0.115. The molecule has 158 valence electrons. The Kier molecular flexibility index (Phi) is 4.60. The molecular formula is C18H13F5N4O3. The highest BCUT2D eigenvalue weighted by Gasteiger charge is 2.36. The number of imidazole rings is 1. The standard InChI is InChI=1S/C18H13F5N4O3/c1-27(16(29)11-4-24-17(26-11)18(21,22)23)13-6-30-5-12-14(13)7-2-9(19)10(20)3-8(7)15(28)25-12/h2-4,13H,5-6H2,1H3,(H,24,26)(H,25,28)/t13-/m1/s1. The first-order chi connectivity index (χ1) is 14.1. The second-order valence-electron chi connectivity index (χ2n) is 6.75. The Morgan fingerprint density at radius 2 is 1.87 bits per heavy atom. The van der Waals surface area contributed by atoms with Crippen LogP contribution in [0.3, 0.4) is 0 Å². The summed E-state index contributed by atoms with van der Waals surface area (Å²) in [7, 11) is 1.32. The highest BCUT2D eigenvalue weighted by atomic mass is 19.4. The number of hydrogen-bond acceptors (Lipinski definition) is 4. The molecule has 0 fully saturated rings. The van der Waals surface area contributed by atoms with E-state index in [1.807, 2.05) is 4.98 Å². The number of likely N-dealkylation sites (N-methyl/N-ethyl adjacent to an activating group) is 1. The smallest absolute Gasteiger partial charge is 0.373 e. The number of rotatable bonds is 2. The number of fused-ring (bicyclic) bond motifs is 3. The maximum atomic E-state index is 13.9. The molecule has 1 aliphatic heterocycles. The lowest BCUT2D eigenvalue weighted by molar-refractivity contribution is -0.144. The third kappa shape index (κ3) is 3.22. The number of halogens is 5. The van der Waals surface area contributed by atoms with Crippen molar-refractivity contribution in [3.05, 3.63) is 63.1 Å². The summed E-state index contributed by atoms with van der Waals surface area (Å²) in [5.74, 6) is -4.55. The van der Waals surface area contributed by atoms with Crippen LogP contribution in [0.2, 0.25) is 0 Å². The lowest BCUT2D eigenvalue weighted by Gasteiger charge is -2.33. The van der Waals surface area contributed by atoms with Crippen LogP contribution >= 0.6 is 0 Å². The van der Waals surface area contributed by atoms with Crippen LogP contribution in [0, 0.1) is 11.6 Å².